The van der Waals surface area contributed by atoms with Crippen molar-refractivity contribution < 1.29 is 9.90 Å². The summed E-state index contributed by atoms with van der Waals surface area (Å²) >= 11 is 0. The van der Waals surface area contributed by atoms with Gasteiger partial charge in [-0.15, -0.1) is 0 Å². The van der Waals surface area contributed by atoms with Gasteiger partial charge in [0.2, 0.25) is 0 Å². The zero-order chi connectivity index (χ0) is 14.3. The average molecular weight is 280 g/mol. The molecule has 114 valence electrons. The Morgan fingerprint density at radius 2 is 2.10 bits per heavy atom. The summed E-state index contributed by atoms with van der Waals surface area (Å²) in [5.74, 6) is -0.577. The van der Waals surface area contributed by atoms with Crippen LogP contribution in [-0.2, 0) is 4.79 Å². The fourth-order valence-corrected chi connectivity index (χ4v) is 4.39. The highest BCUT2D eigenvalue weighted by Crippen LogP contribution is 2.40. The molecule has 0 bridgehead atoms. The van der Waals surface area contributed by atoms with Crippen molar-refractivity contribution >= 4 is 5.97 Å². The van der Waals surface area contributed by atoms with Crippen LogP contribution in [0.25, 0.3) is 0 Å². The predicted octanol–water partition coefficient (Wildman–Crippen LogP) is 2.19. The van der Waals surface area contributed by atoms with Crippen LogP contribution < -0.4 is 0 Å². The van der Waals surface area contributed by atoms with E-state index in [2.05, 4.69) is 23.6 Å². The molecule has 0 amide bonds. The zero-order valence-electron chi connectivity index (χ0n) is 12.8. The van der Waals surface area contributed by atoms with Crippen LogP contribution in [0.1, 0.15) is 52.4 Å². The van der Waals surface area contributed by atoms with Crippen LogP contribution in [0.4, 0.5) is 0 Å². The lowest BCUT2D eigenvalue weighted by Gasteiger charge is -2.28. The van der Waals surface area contributed by atoms with Crippen molar-refractivity contribution in [2.75, 3.05) is 19.6 Å². The Kier molecular flexibility index (Phi) is 3.80. The first-order valence-corrected chi connectivity index (χ1v) is 8.29. The summed E-state index contributed by atoms with van der Waals surface area (Å²) in [6.07, 6.45) is 6.59. The molecule has 2 aliphatic heterocycles. The van der Waals surface area contributed by atoms with Gasteiger partial charge in [-0.25, -0.2) is 0 Å². The first-order chi connectivity index (χ1) is 9.55. The van der Waals surface area contributed by atoms with Crippen molar-refractivity contribution in [3.63, 3.8) is 0 Å². The Morgan fingerprint density at radius 1 is 1.35 bits per heavy atom. The van der Waals surface area contributed by atoms with Crippen LogP contribution in [0.5, 0.6) is 0 Å². The highest BCUT2D eigenvalue weighted by molar-refractivity contribution is 5.75. The molecule has 3 aliphatic rings. The normalized spacial score (nSPS) is 39.5. The van der Waals surface area contributed by atoms with Gasteiger partial charge in [-0.05, 0) is 45.6 Å². The van der Waals surface area contributed by atoms with E-state index in [1.807, 2.05) is 0 Å². The molecule has 0 spiro atoms. The van der Waals surface area contributed by atoms with Crippen LogP contribution >= 0.6 is 0 Å². The lowest BCUT2D eigenvalue weighted by Crippen LogP contribution is -2.40. The molecular weight excluding hydrogens is 252 g/mol. The second-order valence-corrected chi connectivity index (χ2v) is 7.22. The van der Waals surface area contributed by atoms with Crippen LogP contribution in [0, 0.1) is 5.41 Å². The summed E-state index contributed by atoms with van der Waals surface area (Å²) in [6.45, 7) is 7.34. The molecule has 0 aromatic rings. The molecule has 3 rings (SSSR count). The van der Waals surface area contributed by atoms with Gasteiger partial charge < -0.3 is 5.11 Å². The standard InChI is InChI=1S/C16H28N2O2/c1-3-6-16(15(19)20)7-8-17(11-16)14-9-12(2)18(10-14)13-4-5-13/h12-14H,3-11H2,1-2H3,(H,19,20). The second kappa shape index (κ2) is 5.30. The van der Waals surface area contributed by atoms with E-state index in [1.54, 1.807) is 0 Å². The van der Waals surface area contributed by atoms with E-state index in [0.717, 1.165) is 44.9 Å². The van der Waals surface area contributed by atoms with Crippen LogP contribution in [0.15, 0.2) is 0 Å². The van der Waals surface area contributed by atoms with E-state index < -0.39 is 11.4 Å². The van der Waals surface area contributed by atoms with Crippen molar-refractivity contribution in [2.24, 2.45) is 5.41 Å². The maximum atomic E-state index is 11.7. The van der Waals surface area contributed by atoms with Gasteiger partial charge in [0.05, 0.1) is 5.41 Å². The summed E-state index contributed by atoms with van der Waals surface area (Å²) in [7, 11) is 0. The van der Waals surface area contributed by atoms with Gasteiger partial charge in [0.15, 0.2) is 0 Å². The molecule has 3 unspecified atom stereocenters. The highest BCUT2D eigenvalue weighted by atomic mass is 16.4. The molecule has 4 heteroatoms. The van der Waals surface area contributed by atoms with Gasteiger partial charge in [0.25, 0.3) is 0 Å². The summed E-state index contributed by atoms with van der Waals surface area (Å²) in [5.41, 5.74) is -0.467. The first-order valence-electron chi connectivity index (χ1n) is 8.29. The third-order valence-corrected chi connectivity index (χ3v) is 5.70. The Balaban J connectivity index is 1.63. The van der Waals surface area contributed by atoms with Crippen molar-refractivity contribution in [3.8, 4) is 0 Å². The molecule has 0 aromatic carbocycles. The van der Waals surface area contributed by atoms with Crippen molar-refractivity contribution in [3.05, 3.63) is 0 Å². The van der Waals surface area contributed by atoms with Crippen LogP contribution in [0.3, 0.4) is 0 Å². The van der Waals surface area contributed by atoms with E-state index >= 15 is 0 Å². The number of rotatable bonds is 5. The summed E-state index contributed by atoms with van der Waals surface area (Å²) < 4.78 is 0. The molecule has 4 nitrogen and oxygen atoms in total. The minimum absolute atomic E-state index is 0.467. The molecule has 2 saturated heterocycles. The molecule has 1 saturated carbocycles. The van der Waals surface area contributed by atoms with E-state index in [4.69, 9.17) is 0 Å². The Morgan fingerprint density at radius 3 is 2.70 bits per heavy atom. The van der Waals surface area contributed by atoms with Gasteiger partial charge in [-0.3, -0.25) is 14.6 Å². The fourth-order valence-electron chi connectivity index (χ4n) is 4.39. The van der Waals surface area contributed by atoms with Gasteiger partial charge in [-0.2, -0.15) is 0 Å². The molecule has 0 radical (unpaired) electrons. The Labute approximate surface area is 122 Å². The fraction of sp³-hybridized carbons (Fsp3) is 0.938. The Bertz CT molecular complexity index is 383. The summed E-state index contributed by atoms with van der Waals surface area (Å²) in [5, 5.41) is 9.62. The SMILES string of the molecule is CCCC1(C(=O)O)CCN(C2CC(C)N(C3CC3)C2)C1. The average Bonchev–Trinajstić information content (AvgIpc) is 3.03. The lowest BCUT2D eigenvalue weighted by molar-refractivity contribution is -0.148. The van der Waals surface area contributed by atoms with Gasteiger partial charge in [0, 0.05) is 31.2 Å². The number of hydrogen-bond acceptors (Lipinski definition) is 3. The van der Waals surface area contributed by atoms with E-state index in [-0.39, 0.29) is 0 Å². The minimum Gasteiger partial charge on any atom is -0.481 e. The molecule has 0 aromatic heterocycles. The van der Waals surface area contributed by atoms with Crippen molar-refractivity contribution in [2.45, 2.75) is 70.5 Å². The van der Waals surface area contributed by atoms with E-state index in [1.165, 1.54) is 19.3 Å². The van der Waals surface area contributed by atoms with Crippen molar-refractivity contribution in [1.82, 2.24) is 9.80 Å². The van der Waals surface area contributed by atoms with Crippen molar-refractivity contribution in [1.29, 1.82) is 0 Å². The highest BCUT2D eigenvalue weighted by Gasteiger charge is 2.48. The molecule has 1 aliphatic carbocycles. The predicted molar refractivity (Wildman–Crippen MR) is 78.8 cm³/mol. The van der Waals surface area contributed by atoms with E-state index in [9.17, 15) is 9.90 Å². The zero-order valence-corrected chi connectivity index (χ0v) is 12.8. The summed E-state index contributed by atoms with van der Waals surface area (Å²) in [6, 6.07) is 2.10. The number of likely N-dealkylation sites (tertiary alicyclic amines) is 2. The molecule has 2 heterocycles. The monoisotopic (exact) mass is 280 g/mol. The minimum atomic E-state index is -0.577. The lowest BCUT2D eigenvalue weighted by atomic mass is 9.82. The van der Waals surface area contributed by atoms with Crippen LogP contribution in [0.2, 0.25) is 0 Å². The third kappa shape index (κ3) is 2.48. The van der Waals surface area contributed by atoms with E-state index in [0.29, 0.717) is 12.1 Å². The molecule has 3 atom stereocenters. The summed E-state index contributed by atoms with van der Waals surface area (Å²) in [4.78, 5) is 16.8. The second-order valence-electron chi connectivity index (χ2n) is 7.22. The molecular formula is C16H28N2O2. The third-order valence-electron chi connectivity index (χ3n) is 5.70. The maximum absolute atomic E-state index is 11.7. The smallest absolute Gasteiger partial charge is 0.310 e. The molecule has 20 heavy (non-hydrogen) atoms. The number of nitrogens with zero attached hydrogens (tertiary/aromatic N) is 2. The van der Waals surface area contributed by atoms with Crippen LogP contribution in [-0.4, -0.2) is 58.6 Å². The van der Waals surface area contributed by atoms with Gasteiger partial charge in [0.1, 0.15) is 0 Å². The largest absolute Gasteiger partial charge is 0.481 e. The topological polar surface area (TPSA) is 43.8 Å². The van der Waals surface area contributed by atoms with Gasteiger partial charge >= 0.3 is 5.97 Å². The number of carbonyl (C=O) groups is 1. The maximum Gasteiger partial charge on any atom is 0.310 e. The number of aliphatic carboxylic acids is 1. The number of carboxylic acid groups (broad SMARTS) is 1. The van der Waals surface area contributed by atoms with Gasteiger partial charge in [-0.1, -0.05) is 13.3 Å². The number of carboxylic acids is 1. The first kappa shape index (κ1) is 14.3. The quantitative estimate of drug-likeness (QED) is 0.838. The number of hydrogen-bond donors (Lipinski definition) is 1. The molecule has 1 N–H and O–H groups in total. The molecule has 3 fully saturated rings. The Hall–Kier alpha value is -0.610.